The molecule has 1 aliphatic carbocycles. The van der Waals surface area contributed by atoms with Gasteiger partial charge in [-0.25, -0.2) is 0 Å². The topological polar surface area (TPSA) is 56.5 Å². The zero-order chi connectivity index (χ0) is 15.3. The predicted molar refractivity (Wildman–Crippen MR) is 72.5 cm³/mol. The van der Waals surface area contributed by atoms with Crippen molar-refractivity contribution >= 4 is 0 Å². The number of halogens is 3. The number of nitrogens with two attached hydrogens (primary N) is 1. The first kappa shape index (κ1) is 17.0. The first-order valence-corrected chi connectivity index (χ1v) is 7.69. The van der Waals surface area contributed by atoms with E-state index in [0.717, 1.165) is 25.7 Å². The number of hydrogen-bond donors (Lipinski definition) is 2. The Morgan fingerprint density at radius 3 is 2.67 bits per heavy atom. The van der Waals surface area contributed by atoms with Crippen LogP contribution in [-0.4, -0.2) is 37.6 Å². The van der Waals surface area contributed by atoms with Crippen LogP contribution in [0.15, 0.2) is 0 Å². The molecule has 0 aromatic rings. The summed E-state index contributed by atoms with van der Waals surface area (Å²) in [7, 11) is 0. The molecule has 1 spiro atoms. The van der Waals surface area contributed by atoms with Gasteiger partial charge in [0.2, 0.25) is 0 Å². The summed E-state index contributed by atoms with van der Waals surface area (Å²) in [6, 6.07) is -0.0143. The van der Waals surface area contributed by atoms with E-state index < -0.39 is 12.8 Å². The second kappa shape index (κ2) is 7.26. The van der Waals surface area contributed by atoms with E-state index in [4.69, 9.17) is 10.6 Å². The molecule has 1 aliphatic heterocycles. The van der Waals surface area contributed by atoms with E-state index >= 15 is 0 Å². The van der Waals surface area contributed by atoms with Crippen molar-refractivity contribution in [2.24, 2.45) is 11.8 Å². The Balaban J connectivity index is 1.77. The number of ether oxygens (including phenoxy) is 2. The van der Waals surface area contributed by atoms with Gasteiger partial charge in [-0.15, -0.1) is 0 Å². The minimum absolute atomic E-state index is 0.00908. The summed E-state index contributed by atoms with van der Waals surface area (Å²) in [6.07, 6.45) is 2.64. The van der Waals surface area contributed by atoms with Crippen molar-refractivity contribution in [3.63, 3.8) is 0 Å². The van der Waals surface area contributed by atoms with Gasteiger partial charge in [-0.3, -0.25) is 11.3 Å². The second-order valence-electron chi connectivity index (χ2n) is 6.22. The fourth-order valence-electron chi connectivity index (χ4n) is 3.63. The Labute approximate surface area is 123 Å². The van der Waals surface area contributed by atoms with Crippen molar-refractivity contribution in [3.05, 3.63) is 0 Å². The molecular weight excluding hydrogens is 285 g/mol. The lowest BCUT2D eigenvalue weighted by atomic mass is 9.80. The fraction of sp³-hybridized carbons (Fsp3) is 1.00. The van der Waals surface area contributed by atoms with Crippen LogP contribution in [-0.2, 0) is 9.47 Å². The Morgan fingerprint density at radius 1 is 1.33 bits per heavy atom. The van der Waals surface area contributed by atoms with Crippen LogP contribution in [0.1, 0.15) is 44.9 Å². The van der Waals surface area contributed by atoms with Gasteiger partial charge in [-0.2, -0.15) is 13.2 Å². The molecule has 3 N–H and O–H groups in total. The van der Waals surface area contributed by atoms with Gasteiger partial charge in [0.15, 0.2) is 0 Å². The maximum Gasteiger partial charge on any atom is 0.411 e. The molecule has 0 aromatic heterocycles. The Kier molecular flexibility index (Phi) is 5.88. The van der Waals surface area contributed by atoms with Gasteiger partial charge >= 0.3 is 6.18 Å². The predicted octanol–water partition coefficient (Wildman–Crippen LogP) is 2.53. The van der Waals surface area contributed by atoms with E-state index in [1.54, 1.807) is 0 Å². The standard InChI is InChI=1S/C14H25F3N2O2/c15-14(16,17)10-20-7-4-12(19-18)11-3-8-21-13(9-11)5-1-2-6-13/h11-12,19H,1-10,18H2. The molecule has 1 heterocycles. The average Bonchev–Trinajstić information content (AvgIpc) is 2.85. The molecule has 2 unspecified atom stereocenters. The zero-order valence-corrected chi connectivity index (χ0v) is 12.3. The highest BCUT2D eigenvalue weighted by Crippen LogP contribution is 2.43. The summed E-state index contributed by atoms with van der Waals surface area (Å²) in [5.41, 5.74) is 2.75. The SMILES string of the molecule is NNC(CCOCC(F)(F)F)C1CCOC2(CCCC2)C1. The average molecular weight is 310 g/mol. The molecule has 4 nitrogen and oxygen atoms in total. The smallest absolute Gasteiger partial charge is 0.375 e. The van der Waals surface area contributed by atoms with E-state index in [2.05, 4.69) is 10.2 Å². The highest BCUT2D eigenvalue weighted by atomic mass is 19.4. The van der Waals surface area contributed by atoms with E-state index in [-0.39, 0.29) is 18.2 Å². The van der Waals surface area contributed by atoms with Crippen LogP contribution >= 0.6 is 0 Å². The van der Waals surface area contributed by atoms with Gasteiger partial charge in [0, 0.05) is 19.3 Å². The monoisotopic (exact) mass is 310 g/mol. The first-order valence-electron chi connectivity index (χ1n) is 7.69. The Morgan fingerprint density at radius 2 is 2.05 bits per heavy atom. The van der Waals surface area contributed by atoms with Crippen molar-refractivity contribution in [2.75, 3.05) is 19.8 Å². The van der Waals surface area contributed by atoms with Crippen LogP contribution in [0.3, 0.4) is 0 Å². The molecule has 1 saturated carbocycles. The number of nitrogens with one attached hydrogen (secondary N) is 1. The molecule has 2 aliphatic rings. The van der Waals surface area contributed by atoms with Gasteiger partial charge in [0.25, 0.3) is 0 Å². The maximum absolute atomic E-state index is 12.0. The normalized spacial score (nSPS) is 27.1. The Hall–Kier alpha value is -0.370. The van der Waals surface area contributed by atoms with E-state index in [0.29, 0.717) is 18.9 Å². The van der Waals surface area contributed by atoms with Crippen molar-refractivity contribution in [2.45, 2.75) is 62.8 Å². The quantitative estimate of drug-likeness (QED) is 0.450. The molecule has 0 radical (unpaired) electrons. The number of hydrogen-bond acceptors (Lipinski definition) is 4. The lowest BCUT2D eigenvalue weighted by Crippen LogP contribution is -2.48. The van der Waals surface area contributed by atoms with Crippen molar-refractivity contribution in [3.8, 4) is 0 Å². The lowest BCUT2D eigenvalue weighted by Gasteiger charge is -2.41. The summed E-state index contributed by atoms with van der Waals surface area (Å²) < 4.78 is 46.8. The first-order chi connectivity index (χ1) is 9.94. The van der Waals surface area contributed by atoms with Crippen LogP contribution in [0.25, 0.3) is 0 Å². The van der Waals surface area contributed by atoms with Gasteiger partial charge in [0.1, 0.15) is 6.61 Å². The molecule has 2 atom stereocenters. The summed E-state index contributed by atoms with van der Waals surface area (Å²) >= 11 is 0. The van der Waals surface area contributed by atoms with Gasteiger partial charge in [-0.1, -0.05) is 12.8 Å². The van der Waals surface area contributed by atoms with Crippen LogP contribution in [0.5, 0.6) is 0 Å². The molecule has 0 bridgehead atoms. The highest BCUT2D eigenvalue weighted by molar-refractivity contribution is 4.93. The largest absolute Gasteiger partial charge is 0.411 e. The minimum atomic E-state index is -4.27. The van der Waals surface area contributed by atoms with Gasteiger partial charge in [-0.05, 0) is 38.0 Å². The molecule has 124 valence electrons. The summed E-state index contributed by atoms with van der Waals surface area (Å²) in [4.78, 5) is 0. The highest BCUT2D eigenvalue weighted by Gasteiger charge is 2.41. The van der Waals surface area contributed by atoms with Gasteiger partial charge in [0.05, 0.1) is 5.60 Å². The second-order valence-corrected chi connectivity index (χ2v) is 6.22. The van der Waals surface area contributed by atoms with E-state index in [1.165, 1.54) is 12.8 Å². The Bertz CT molecular complexity index is 320. The third-order valence-electron chi connectivity index (χ3n) is 4.67. The van der Waals surface area contributed by atoms with Crippen LogP contribution < -0.4 is 11.3 Å². The number of hydrazine groups is 1. The molecule has 2 fully saturated rings. The zero-order valence-electron chi connectivity index (χ0n) is 12.3. The fourth-order valence-corrected chi connectivity index (χ4v) is 3.63. The lowest BCUT2D eigenvalue weighted by molar-refractivity contribution is -0.174. The van der Waals surface area contributed by atoms with Crippen LogP contribution in [0.4, 0.5) is 13.2 Å². The number of rotatable bonds is 6. The van der Waals surface area contributed by atoms with Gasteiger partial charge < -0.3 is 9.47 Å². The van der Waals surface area contributed by atoms with Crippen LogP contribution in [0, 0.1) is 5.92 Å². The summed E-state index contributed by atoms with van der Waals surface area (Å²) in [6.45, 7) is -0.410. The molecule has 0 aromatic carbocycles. The molecule has 1 saturated heterocycles. The van der Waals surface area contributed by atoms with E-state index in [9.17, 15) is 13.2 Å². The molecule has 7 heteroatoms. The third-order valence-corrected chi connectivity index (χ3v) is 4.67. The van der Waals surface area contributed by atoms with Crippen LogP contribution in [0.2, 0.25) is 0 Å². The minimum Gasteiger partial charge on any atom is -0.375 e. The van der Waals surface area contributed by atoms with Crippen molar-refractivity contribution < 1.29 is 22.6 Å². The molecular formula is C14H25F3N2O2. The molecule has 0 amide bonds. The maximum atomic E-state index is 12.0. The number of alkyl halides is 3. The summed E-state index contributed by atoms with van der Waals surface area (Å²) in [5.74, 6) is 5.93. The summed E-state index contributed by atoms with van der Waals surface area (Å²) in [5, 5.41) is 0. The van der Waals surface area contributed by atoms with E-state index in [1.807, 2.05) is 0 Å². The van der Waals surface area contributed by atoms with Crippen molar-refractivity contribution in [1.29, 1.82) is 0 Å². The molecule has 21 heavy (non-hydrogen) atoms. The van der Waals surface area contributed by atoms with Crippen molar-refractivity contribution in [1.82, 2.24) is 5.43 Å². The molecule has 2 rings (SSSR count). The third kappa shape index (κ3) is 5.09.